The second kappa shape index (κ2) is 11.2. The van der Waals surface area contributed by atoms with Crippen molar-refractivity contribution in [1.29, 1.82) is 0 Å². The van der Waals surface area contributed by atoms with Gasteiger partial charge in [0.05, 0.1) is 0 Å². The third kappa shape index (κ3) is 8.45. The molecule has 1 heterocycles. The normalized spacial score (nSPS) is 10.6. The van der Waals surface area contributed by atoms with E-state index < -0.39 is 15.6 Å². The van der Waals surface area contributed by atoms with Crippen LogP contribution in [-0.4, -0.2) is 18.5 Å². The molecule has 170 valence electrons. The summed E-state index contributed by atoms with van der Waals surface area (Å²) in [5.74, 6) is 12.6. The van der Waals surface area contributed by atoms with Crippen LogP contribution in [0.5, 0.6) is 0 Å². The van der Waals surface area contributed by atoms with Crippen molar-refractivity contribution in [2.24, 2.45) is 7.05 Å². The van der Waals surface area contributed by atoms with Crippen LogP contribution < -0.4 is 4.57 Å². The van der Waals surface area contributed by atoms with Gasteiger partial charge in [-0.1, -0.05) is 35.0 Å². The third-order valence-corrected chi connectivity index (χ3v) is 4.94. The fourth-order valence-corrected chi connectivity index (χ4v) is 2.43. The lowest BCUT2D eigenvalue weighted by atomic mass is 10.2. The molecule has 0 aliphatic carbocycles. The fraction of sp³-hybridized carbons (Fsp3) is 0.0870. The molecule has 0 unspecified atom stereocenters. The van der Waals surface area contributed by atoms with E-state index in [4.69, 9.17) is 36.2 Å². The minimum Gasteiger partial charge on any atom is -0.741 e. The standard InChI is InChI=1S/C22H14Cl2N.CHF3O3S/c1-25-21(15-9-17-5-11-19(23)12-6-17)3-2-4-22(25)16-10-18-7-13-20(24)14-8-18;2-1(3,4)8(5,6)7/h2-8,11-14H,1H3;(H,5,6,7)/q+1;/p-1. The molecule has 4 nitrogen and oxygen atoms in total. The van der Waals surface area contributed by atoms with Gasteiger partial charge in [-0.2, -0.15) is 17.7 Å². The number of rotatable bonds is 0. The number of pyridine rings is 1. The van der Waals surface area contributed by atoms with Gasteiger partial charge in [-0.05, 0) is 54.6 Å². The smallest absolute Gasteiger partial charge is 0.485 e. The van der Waals surface area contributed by atoms with E-state index in [2.05, 4.69) is 23.7 Å². The van der Waals surface area contributed by atoms with Crippen LogP contribution in [-0.2, 0) is 17.2 Å². The zero-order valence-electron chi connectivity index (χ0n) is 16.8. The van der Waals surface area contributed by atoms with E-state index in [0.717, 1.165) is 22.5 Å². The van der Waals surface area contributed by atoms with Crippen LogP contribution in [0.2, 0.25) is 10.0 Å². The van der Waals surface area contributed by atoms with E-state index in [1.807, 2.05) is 78.3 Å². The van der Waals surface area contributed by atoms with E-state index in [-0.39, 0.29) is 0 Å². The fourth-order valence-electron chi connectivity index (χ4n) is 2.17. The molecule has 0 amide bonds. The Morgan fingerprint density at radius 1 is 0.758 bits per heavy atom. The van der Waals surface area contributed by atoms with Crippen molar-refractivity contribution in [3.8, 4) is 23.7 Å². The molecule has 1 aromatic heterocycles. The molecule has 10 heteroatoms. The van der Waals surface area contributed by atoms with E-state index in [1.54, 1.807) is 0 Å². The van der Waals surface area contributed by atoms with Gasteiger partial charge in [-0.25, -0.2) is 8.42 Å². The predicted molar refractivity (Wildman–Crippen MR) is 118 cm³/mol. The van der Waals surface area contributed by atoms with Crippen LogP contribution >= 0.6 is 23.2 Å². The van der Waals surface area contributed by atoms with Crippen molar-refractivity contribution < 1.29 is 30.7 Å². The molecule has 0 fully saturated rings. The molecule has 0 aliphatic heterocycles. The van der Waals surface area contributed by atoms with Gasteiger partial charge in [0.1, 0.15) is 7.05 Å². The van der Waals surface area contributed by atoms with Crippen LogP contribution in [0.3, 0.4) is 0 Å². The summed E-state index contributed by atoms with van der Waals surface area (Å²) in [5, 5.41) is 1.41. The van der Waals surface area contributed by atoms with Gasteiger partial charge in [0.15, 0.2) is 10.1 Å². The van der Waals surface area contributed by atoms with E-state index in [0.29, 0.717) is 10.0 Å². The number of hydrogen-bond acceptors (Lipinski definition) is 3. The molecular weight excluding hydrogens is 498 g/mol. The monoisotopic (exact) mass is 511 g/mol. The lowest BCUT2D eigenvalue weighted by Gasteiger charge is -2.08. The Labute approximate surface area is 199 Å². The quantitative estimate of drug-likeness (QED) is 0.191. The average Bonchev–Trinajstić information content (AvgIpc) is 2.73. The first-order valence-electron chi connectivity index (χ1n) is 8.93. The first-order valence-corrected chi connectivity index (χ1v) is 11.1. The highest BCUT2D eigenvalue weighted by Gasteiger charge is 2.36. The van der Waals surface area contributed by atoms with Crippen LogP contribution in [0.1, 0.15) is 22.5 Å². The van der Waals surface area contributed by atoms with Gasteiger partial charge in [0.25, 0.3) is 11.4 Å². The second-order valence-corrected chi connectivity index (χ2v) is 8.51. The number of aromatic nitrogens is 1. The topological polar surface area (TPSA) is 61.1 Å². The minimum atomic E-state index is -6.09. The zero-order valence-corrected chi connectivity index (χ0v) is 19.1. The van der Waals surface area contributed by atoms with E-state index in [1.165, 1.54) is 0 Å². The van der Waals surface area contributed by atoms with Gasteiger partial charge in [-0.3, -0.25) is 0 Å². The lowest BCUT2D eigenvalue weighted by molar-refractivity contribution is -0.676. The molecule has 0 atom stereocenters. The summed E-state index contributed by atoms with van der Waals surface area (Å²) in [6.45, 7) is 0. The lowest BCUT2D eigenvalue weighted by Crippen LogP contribution is -2.36. The maximum Gasteiger partial charge on any atom is 0.485 e. The molecule has 33 heavy (non-hydrogen) atoms. The number of halogens is 5. The molecular formula is C23H14Cl2F3NO3S. The molecule has 0 radical (unpaired) electrons. The van der Waals surface area contributed by atoms with Gasteiger partial charge in [-0.15, -0.1) is 0 Å². The number of nitrogens with zero attached hydrogens (tertiary/aromatic N) is 1. The summed E-state index contributed by atoms with van der Waals surface area (Å²) >= 11 is 11.8. The van der Waals surface area contributed by atoms with Crippen molar-refractivity contribution in [2.75, 3.05) is 0 Å². The summed E-state index contributed by atoms with van der Waals surface area (Å²) in [4.78, 5) is 0. The molecule has 3 rings (SSSR count). The molecule has 0 N–H and O–H groups in total. The molecule has 0 saturated heterocycles. The Morgan fingerprint density at radius 2 is 1.09 bits per heavy atom. The Bertz CT molecular complexity index is 1270. The molecule has 0 spiro atoms. The van der Waals surface area contributed by atoms with Crippen molar-refractivity contribution >= 4 is 33.3 Å². The largest absolute Gasteiger partial charge is 0.741 e. The number of hydrogen-bond donors (Lipinski definition) is 0. The van der Waals surface area contributed by atoms with Crippen molar-refractivity contribution in [2.45, 2.75) is 5.51 Å². The minimum absolute atomic E-state index is 0.704. The van der Waals surface area contributed by atoms with E-state index in [9.17, 15) is 13.2 Å². The van der Waals surface area contributed by atoms with Crippen LogP contribution in [0, 0.1) is 23.7 Å². The molecule has 2 aromatic carbocycles. The summed E-state index contributed by atoms with van der Waals surface area (Å²) in [7, 11) is -4.13. The Balaban J connectivity index is 0.000000414. The highest BCUT2D eigenvalue weighted by molar-refractivity contribution is 7.86. The zero-order chi connectivity index (χ0) is 24.6. The predicted octanol–water partition coefficient (Wildman–Crippen LogP) is 4.67. The Morgan fingerprint density at radius 3 is 1.39 bits per heavy atom. The molecule has 0 bridgehead atoms. The molecule has 3 aromatic rings. The molecule has 0 saturated carbocycles. The SMILES string of the molecule is C[n+]1c(C#Cc2ccc(Cl)cc2)cccc1C#Cc1ccc(Cl)cc1.O=S(=O)([O-])C(F)(F)F. The Hall–Kier alpha value is -3.01. The summed E-state index contributed by atoms with van der Waals surface area (Å²) in [5.41, 5.74) is -2.03. The van der Waals surface area contributed by atoms with Crippen LogP contribution in [0.25, 0.3) is 0 Å². The average molecular weight is 512 g/mol. The van der Waals surface area contributed by atoms with Crippen molar-refractivity contribution in [3.63, 3.8) is 0 Å². The number of benzene rings is 2. The maximum atomic E-state index is 10.7. The second-order valence-electron chi connectivity index (χ2n) is 6.27. The van der Waals surface area contributed by atoms with Gasteiger partial charge >= 0.3 is 5.51 Å². The Kier molecular flexibility index (Phi) is 8.92. The number of alkyl halides is 3. The first kappa shape index (κ1) is 26.2. The van der Waals surface area contributed by atoms with Crippen molar-refractivity contribution in [3.05, 3.63) is 99.3 Å². The van der Waals surface area contributed by atoms with Crippen LogP contribution in [0.15, 0.2) is 66.7 Å². The summed E-state index contributed by atoms with van der Waals surface area (Å²) < 4.78 is 60.9. The van der Waals surface area contributed by atoms with Crippen LogP contribution in [0.4, 0.5) is 13.2 Å². The van der Waals surface area contributed by atoms with Crippen molar-refractivity contribution in [1.82, 2.24) is 0 Å². The summed E-state index contributed by atoms with van der Waals surface area (Å²) in [6.07, 6.45) is 0. The first-order chi connectivity index (χ1) is 15.4. The van der Waals surface area contributed by atoms with E-state index >= 15 is 0 Å². The molecule has 0 aliphatic rings. The highest BCUT2D eigenvalue weighted by Crippen LogP contribution is 2.20. The van der Waals surface area contributed by atoms with Gasteiger partial charge in [0, 0.05) is 45.1 Å². The third-order valence-electron chi connectivity index (χ3n) is 3.87. The van der Waals surface area contributed by atoms with Gasteiger partial charge < -0.3 is 4.55 Å². The van der Waals surface area contributed by atoms with Gasteiger partial charge in [0.2, 0.25) is 0 Å². The highest BCUT2D eigenvalue weighted by atomic mass is 35.5. The summed E-state index contributed by atoms with van der Waals surface area (Å²) in [6, 6.07) is 20.8. The maximum absolute atomic E-state index is 10.7.